The molecule has 1 aromatic carbocycles. The molecule has 0 bridgehead atoms. The number of benzene rings is 1. The van der Waals surface area contributed by atoms with E-state index in [1.807, 2.05) is 18.2 Å². The van der Waals surface area contributed by atoms with E-state index in [0.29, 0.717) is 11.6 Å². The van der Waals surface area contributed by atoms with Crippen LogP contribution in [-0.4, -0.2) is 26.1 Å². The van der Waals surface area contributed by atoms with Crippen molar-refractivity contribution in [1.29, 1.82) is 5.41 Å². The topological polar surface area (TPSA) is 57.5 Å². The van der Waals surface area contributed by atoms with Crippen molar-refractivity contribution in [2.75, 3.05) is 14.2 Å². The van der Waals surface area contributed by atoms with Crippen LogP contribution in [0, 0.1) is 5.41 Å². The van der Waals surface area contributed by atoms with Crippen molar-refractivity contribution in [3.8, 4) is 5.75 Å². The summed E-state index contributed by atoms with van der Waals surface area (Å²) >= 11 is 0. The smallest absolute Gasteiger partial charge is 0.131 e. The van der Waals surface area contributed by atoms with Crippen LogP contribution in [0.1, 0.15) is 30.9 Å². The van der Waals surface area contributed by atoms with E-state index >= 15 is 0 Å². The van der Waals surface area contributed by atoms with Crippen LogP contribution in [-0.2, 0) is 0 Å². The van der Waals surface area contributed by atoms with Crippen LogP contribution < -0.4 is 10.2 Å². The molecule has 0 unspecified atom stereocenters. The lowest BCUT2D eigenvalue weighted by molar-refractivity contribution is 0.407. The Bertz CT molecular complexity index is 425. The Balaban J connectivity index is 3.37. The first kappa shape index (κ1) is 13.2. The van der Waals surface area contributed by atoms with E-state index in [-0.39, 0.29) is 0 Å². The van der Waals surface area contributed by atoms with E-state index in [4.69, 9.17) is 10.1 Å². The van der Waals surface area contributed by atoms with E-state index < -0.39 is 0 Å². The van der Waals surface area contributed by atoms with Crippen LogP contribution in [0.4, 0.5) is 0 Å². The maximum Gasteiger partial charge on any atom is 0.131 e. The first-order chi connectivity index (χ1) is 8.15. The third-order valence-electron chi connectivity index (χ3n) is 2.52. The molecule has 17 heavy (non-hydrogen) atoms. The number of para-hydroxylation sites is 1. The molecule has 4 heteroatoms. The van der Waals surface area contributed by atoms with Crippen molar-refractivity contribution >= 4 is 11.9 Å². The fourth-order valence-corrected chi connectivity index (χ4v) is 1.73. The molecule has 4 nitrogen and oxygen atoms in total. The molecule has 0 radical (unpaired) electrons. The van der Waals surface area contributed by atoms with Gasteiger partial charge in [0.25, 0.3) is 0 Å². The van der Waals surface area contributed by atoms with Gasteiger partial charge in [-0.2, -0.15) is 5.10 Å². The molecule has 0 spiro atoms. The number of hydrogen-bond acceptors (Lipinski definition) is 4. The van der Waals surface area contributed by atoms with Crippen molar-refractivity contribution in [1.82, 2.24) is 5.43 Å². The Morgan fingerprint density at radius 2 is 2.18 bits per heavy atom. The van der Waals surface area contributed by atoms with Crippen LogP contribution in [0.5, 0.6) is 5.75 Å². The largest absolute Gasteiger partial charge is 0.496 e. The van der Waals surface area contributed by atoms with Crippen molar-refractivity contribution in [2.24, 2.45) is 5.10 Å². The summed E-state index contributed by atoms with van der Waals surface area (Å²) in [5.74, 6) is 1.16. The summed E-state index contributed by atoms with van der Waals surface area (Å²) in [7, 11) is 3.36. The fourth-order valence-electron chi connectivity index (χ4n) is 1.73. The van der Waals surface area contributed by atoms with Crippen LogP contribution in [0.3, 0.4) is 0 Å². The molecule has 1 aromatic rings. The van der Waals surface area contributed by atoms with Gasteiger partial charge in [-0.1, -0.05) is 26.0 Å². The number of hydrogen-bond donors (Lipinski definition) is 2. The normalized spacial score (nSPS) is 11.5. The summed E-state index contributed by atoms with van der Waals surface area (Å²) in [5.41, 5.74) is 5.22. The van der Waals surface area contributed by atoms with Crippen LogP contribution in [0.25, 0.3) is 0 Å². The Kier molecular flexibility index (Phi) is 4.69. The molecular formula is C13H19N3O. The maximum absolute atomic E-state index is 7.40. The van der Waals surface area contributed by atoms with Crippen LogP contribution in [0.2, 0.25) is 0 Å². The molecule has 0 atom stereocenters. The minimum atomic E-state index is 0.367. The van der Waals surface area contributed by atoms with E-state index in [9.17, 15) is 0 Å². The Morgan fingerprint density at radius 1 is 1.47 bits per heavy atom. The van der Waals surface area contributed by atoms with Gasteiger partial charge in [-0.25, -0.2) is 0 Å². The summed E-state index contributed by atoms with van der Waals surface area (Å²) in [5, 5.41) is 11.5. The first-order valence-electron chi connectivity index (χ1n) is 5.57. The summed E-state index contributed by atoms with van der Waals surface area (Å²) in [6, 6.07) is 5.90. The summed E-state index contributed by atoms with van der Waals surface area (Å²) in [6.45, 7) is 4.22. The van der Waals surface area contributed by atoms with Crippen LogP contribution >= 0.6 is 0 Å². The maximum atomic E-state index is 7.40. The zero-order valence-electron chi connectivity index (χ0n) is 10.7. The van der Waals surface area contributed by atoms with Gasteiger partial charge in [0, 0.05) is 18.8 Å². The molecule has 0 heterocycles. The second kappa shape index (κ2) is 6.03. The van der Waals surface area contributed by atoms with Gasteiger partial charge in [0.2, 0.25) is 0 Å². The zero-order valence-corrected chi connectivity index (χ0v) is 10.7. The minimum Gasteiger partial charge on any atom is -0.496 e. The molecule has 1 rings (SSSR count). The molecule has 0 saturated heterocycles. The van der Waals surface area contributed by atoms with Crippen molar-refractivity contribution in [3.05, 3.63) is 29.3 Å². The lowest BCUT2D eigenvalue weighted by atomic mass is 9.97. The lowest BCUT2D eigenvalue weighted by Gasteiger charge is -2.15. The molecule has 0 saturated carbocycles. The number of hydrazone groups is 1. The lowest BCUT2D eigenvalue weighted by Crippen LogP contribution is -2.11. The third kappa shape index (κ3) is 2.84. The molecule has 0 amide bonds. The van der Waals surface area contributed by atoms with Crippen molar-refractivity contribution < 1.29 is 4.74 Å². The summed E-state index contributed by atoms with van der Waals surface area (Å²) in [6.07, 6.45) is 1.22. The van der Waals surface area contributed by atoms with Crippen LogP contribution in [0.15, 0.2) is 23.3 Å². The van der Waals surface area contributed by atoms with E-state index in [1.54, 1.807) is 14.2 Å². The van der Waals surface area contributed by atoms with Gasteiger partial charge < -0.3 is 15.6 Å². The Morgan fingerprint density at radius 3 is 2.65 bits per heavy atom. The molecule has 0 aliphatic carbocycles. The van der Waals surface area contributed by atoms with Gasteiger partial charge in [0.05, 0.1) is 7.11 Å². The number of nitrogens with zero attached hydrogens (tertiary/aromatic N) is 1. The monoisotopic (exact) mass is 233 g/mol. The SMILES string of the molecule is CN/N=C(\C=N)c1cccc(C(C)C)c1OC. The molecule has 92 valence electrons. The second-order valence-corrected chi connectivity index (χ2v) is 3.95. The highest BCUT2D eigenvalue weighted by Crippen LogP contribution is 2.30. The highest BCUT2D eigenvalue weighted by molar-refractivity contribution is 6.38. The molecule has 0 aliphatic heterocycles. The standard InChI is InChI=1S/C13H19N3O/c1-9(2)10-6-5-7-11(13(10)17-4)12(8-14)16-15-3/h5-9,14-15H,1-4H3/b14-8?,16-12+. The van der Waals surface area contributed by atoms with E-state index in [0.717, 1.165) is 16.9 Å². The highest BCUT2D eigenvalue weighted by Gasteiger charge is 2.14. The zero-order chi connectivity index (χ0) is 12.8. The van der Waals surface area contributed by atoms with Gasteiger partial charge in [0.1, 0.15) is 11.5 Å². The first-order valence-corrected chi connectivity index (χ1v) is 5.57. The molecular weight excluding hydrogens is 214 g/mol. The Labute approximate surface area is 102 Å². The number of ether oxygens (including phenoxy) is 1. The second-order valence-electron chi connectivity index (χ2n) is 3.95. The van der Waals surface area contributed by atoms with Crippen molar-refractivity contribution in [3.63, 3.8) is 0 Å². The highest BCUT2D eigenvalue weighted by atomic mass is 16.5. The van der Waals surface area contributed by atoms with Gasteiger partial charge >= 0.3 is 0 Å². The predicted molar refractivity (Wildman–Crippen MR) is 71.5 cm³/mol. The third-order valence-corrected chi connectivity index (χ3v) is 2.52. The molecule has 0 fully saturated rings. The average molecular weight is 233 g/mol. The average Bonchev–Trinajstić information content (AvgIpc) is 2.34. The molecule has 0 aromatic heterocycles. The quantitative estimate of drug-likeness (QED) is 0.606. The van der Waals surface area contributed by atoms with Crippen molar-refractivity contribution in [2.45, 2.75) is 19.8 Å². The number of nitrogens with one attached hydrogen (secondary N) is 2. The van der Waals surface area contributed by atoms with Gasteiger partial charge in [-0.15, -0.1) is 0 Å². The fraction of sp³-hybridized carbons (Fsp3) is 0.385. The Hall–Kier alpha value is -1.84. The van der Waals surface area contributed by atoms with Gasteiger partial charge in [-0.05, 0) is 17.5 Å². The van der Waals surface area contributed by atoms with Gasteiger partial charge in [0.15, 0.2) is 0 Å². The summed E-state index contributed by atoms with van der Waals surface area (Å²) < 4.78 is 5.45. The minimum absolute atomic E-state index is 0.367. The molecule has 2 N–H and O–H groups in total. The molecule has 0 aliphatic rings. The van der Waals surface area contributed by atoms with Gasteiger partial charge in [-0.3, -0.25) is 0 Å². The number of methoxy groups -OCH3 is 1. The van der Waals surface area contributed by atoms with E-state index in [2.05, 4.69) is 24.4 Å². The number of rotatable bonds is 5. The van der Waals surface area contributed by atoms with E-state index in [1.165, 1.54) is 6.21 Å². The predicted octanol–water partition coefficient (Wildman–Crippen LogP) is 2.39. The summed E-state index contributed by atoms with van der Waals surface area (Å²) in [4.78, 5) is 0.